The Balaban J connectivity index is 3.38. The molecule has 0 heterocycles. The number of hydrogen-bond donors (Lipinski definition) is 2. The average molecular weight is 245 g/mol. The molecule has 0 aromatic heterocycles. The number of hydrogen-bond acceptors (Lipinski definition) is 3. The normalized spacial score (nSPS) is 11.9. The van der Waals surface area contributed by atoms with Gasteiger partial charge in [-0.2, -0.15) is 0 Å². The van der Waals surface area contributed by atoms with Gasteiger partial charge in [0.1, 0.15) is 0 Å². The van der Waals surface area contributed by atoms with E-state index in [4.69, 9.17) is 9.47 Å². The molecule has 0 aromatic rings. The number of aliphatic imine (C=N–C) groups is 1. The van der Waals surface area contributed by atoms with Crippen molar-refractivity contribution in [3.63, 3.8) is 0 Å². The van der Waals surface area contributed by atoms with E-state index in [1.54, 1.807) is 14.2 Å². The third-order valence-corrected chi connectivity index (χ3v) is 2.03. The molecule has 5 nitrogen and oxygen atoms in total. The van der Waals surface area contributed by atoms with Crippen LogP contribution in [0.5, 0.6) is 0 Å². The van der Waals surface area contributed by atoms with Gasteiger partial charge in [-0.15, -0.1) is 0 Å². The van der Waals surface area contributed by atoms with Gasteiger partial charge in [0.15, 0.2) is 5.96 Å². The molecule has 0 unspecified atom stereocenters. The summed E-state index contributed by atoms with van der Waals surface area (Å²) in [7, 11) is 3.45. The highest BCUT2D eigenvalue weighted by atomic mass is 16.5. The second kappa shape index (κ2) is 11.7. The van der Waals surface area contributed by atoms with Crippen LogP contribution in [0.2, 0.25) is 0 Å². The molecule has 0 atom stereocenters. The topological polar surface area (TPSA) is 54.9 Å². The van der Waals surface area contributed by atoms with E-state index in [0.717, 1.165) is 38.7 Å². The number of guanidine groups is 1. The van der Waals surface area contributed by atoms with Crippen LogP contribution in [0.1, 0.15) is 20.3 Å². The first-order valence-electron chi connectivity index (χ1n) is 6.22. The number of methoxy groups -OCH3 is 1. The minimum Gasteiger partial charge on any atom is -0.383 e. The Labute approximate surface area is 105 Å². The Hall–Kier alpha value is -0.810. The maximum absolute atomic E-state index is 5.49. The van der Waals surface area contributed by atoms with Gasteiger partial charge in [-0.3, -0.25) is 4.99 Å². The first kappa shape index (κ1) is 16.2. The first-order chi connectivity index (χ1) is 8.20. The average Bonchev–Trinajstić information content (AvgIpc) is 2.31. The molecule has 0 rings (SSSR count). The van der Waals surface area contributed by atoms with E-state index < -0.39 is 0 Å². The van der Waals surface area contributed by atoms with Crippen LogP contribution >= 0.6 is 0 Å². The summed E-state index contributed by atoms with van der Waals surface area (Å²) in [6.45, 7) is 8.24. The quantitative estimate of drug-likeness (QED) is 0.359. The minimum atomic E-state index is 0.603. The van der Waals surface area contributed by atoms with Crippen LogP contribution in [0.3, 0.4) is 0 Å². The molecule has 5 heteroatoms. The molecule has 2 N–H and O–H groups in total. The second-order valence-electron chi connectivity index (χ2n) is 4.24. The molecule has 0 saturated heterocycles. The molecule has 0 saturated carbocycles. The summed E-state index contributed by atoms with van der Waals surface area (Å²) in [6.07, 6.45) is 0.984. The Bertz CT molecular complexity index is 196. The molecular formula is C12H27N3O2. The zero-order chi connectivity index (χ0) is 12.9. The standard InChI is InChI=1S/C12H27N3O2/c1-11(2)10-17-8-5-6-14-12(13-3)15-7-9-16-4/h11H,5-10H2,1-4H3,(H2,13,14,15). The summed E-state index contributed by atoms with van der Waals surface area (Å²) >= 11 is 0. The Kier molecular flexibility index (Phi) is 11.1. The van der Waals surface area contributed by atoms with Crippen LogP contribution in [0, 0.1) is 5.92 Å². The number of ether oxygens (including phenoxy) is 2. The van der Waals surface area contributed by atoms with E-state index in [9.17, 15) is 0 Å². The van der Waals surface area contributed by atoms with Crippen LogP contribution in [-0.2, 0) is 9.47 Å². The molecular weight excluding hydrogens is 218 g/mol. The molecule has 0 aliphatic heterocycles. The molecule has 0 fully saturated rings. The Morgan fingerprint density at radius 3 is 2.47 bits per heavy atom. The monoisotopic (exact) mass is 245 g/mol. The fraction of sp³-hybridized carbons (Fsp3) is 0.917. The molecule has 102 valence electrons. The highest BCUT2D eigenvalue weighted by Crippen LogP contribution is 1.92. The lowest BCUT2D eigenvalue weighted by molar-refractivity contribution is 0.108. The summed E-state index contributed by atoms with van der Waals surface area (Å²) in [5.41, 5.74) is 0. The largest absolute Gasteiger partial charge is 0.383 e. The molecule has 0 amide bonds. The fourth-order valence-corrected chi connectivity index (χ4v) is 1.19. The summed E-state index contributed by atoms with van der Waals surface area (Å²) in [5.74, 6) is 1.41. The highest BCUT2D eigenvalue weighted by Gasteiger charge is 1.97. The van der Waals surface area contributed by atoms with Crippen LogP contribution in [0.4, 0.5) is 0 Å². The van der Waals surface area contributed by atoms with Crippen molar-refractivity contribution < 1.29 is 9.47 Å². The molecule has 17 heavy (non-hydrogen) atoms. The second-order valence-corrected chi connectivity index (χ2v) is 4.24. The Morgan fingerprint density at radius 2 is 1.88 bits per heavy atom. The molecule has 0 spiro atoms. The van der Waals surface area contributed by atoms with Gasteiger partial charge in [0.05, 0.1) is 6.61 Å². The van der Waals surface area contributed by atoms with Gasteiger partial charge >= 0.3 is 0 Å². The van der Waals surface area contributed by atoms with Crippen LogP contribution in [0.25, 0.3) is 0 Å². The third kappa shape index (κ3) is 11.5. The van der Waals surface area contributed by atoms with Gasteiger partial charge < -0.3 is 20.1 Å². The van der Waals surface area contributed by atoms with E-state index in [1.807, 2.05) is 0 Å². The van der Waals surface area contributed by atoms with Crippen LogP contribution < -0.4 is 10.6 Å². The Morgan fingerprint density at radius 1 is 1.18 bits per heavy atom. The van der Waals surface area contributed by atoms with Crippen molar-refractivity contribution in [2.75, 3.05) is 47.1 Å². The van der Waals surface area contributed by atoms with Crippen molar-refractivity contribution >= 4 is 5.96 Å². The van der Waals surface area contributed by atoms with E-state index in [2.05, 4.69) is 29.5 Å². The van der Waals surface area contributed by atoms with Crippen molar-refractivity contribution in [3.05, 3.63) is 0 Å². The molecule has 0 aromatic carbocycles. The fourth-order valence-electron chi connectivity index (χ4n) is 1.19. The van der Waals surface area contributed by atoms with Crippen molar-refractivity contribution in [2.24, 2.45) is 10.9 Å². The number of nitrogens with zero attached hydrogens (tertiary/aromatic N) is 1. The number of nitrogens with one attached hydrogen (secondary N) is 2. The van der Waals surface area contributed by atoms with E-state index in [-0.39, 0.29) is 0 Å². The molecule has 0 bridgehead atoms. The lowest BCUT2D eigenvalue weighted by Gasteiger charge is -2.11. The summed E-state index contributed by atoms with van der Waals surface area (Å²) in [4.78, 5) is 4.10. The molecule has 0 aliphatic carbocycles. The van der Waals surface area contributed by atoms with Crippen molar-refractivity contribution in [3.8, 4) is 0 Å². The van der Waals surface area contributed by atoms with Crippen molar-refractivity contribution in [1.82, 2.24) is 10.6 Å². The smallest absolute Gasteiger partial charge is 0.191 e. The van der Waals surface area contributed by atoms with Crippen molar-refractivity contribution in [2.45, 2.75) is 20.3 Å². The number of rotatable bonds is 9. The first-order valence-corrected chi connectivity index (χ1v) is 6.22. The van der Waals surface area contributed by atoms with Gasteiger partial charge in [-0.1, -0.05) is 13.8 Å². The van der Waals surface area contributed by atoms with Crippen LogP contribution in [0.15, 0.2) is 4.99 Å². The van der Waals surface area contributed by atoms with E-state index >= 15 is 0 Å². The van der Waals surface area contributed by atoms with E-state index in [1.165, 1.54) is 0 Å². The van der Waals surface area contributed by atoms with E-state index in [0.29, 0.717) is 12.5 Å². The van der Waals surface area contributed by atoms with Crippen molar-refractivity contribution in [1.29, 1.82) is 0 Å². The highest BCUT2D eigenvalue weighted by molar-refractivity contribution is 5.79. The molecule has 0 aliphatic rings. The third-order valence-electron chi connectivity index (χ3n) is 2.03. The minimum absolute atomic E-state index is 0.603. The van der Waals surface area contributed by atoms with Gasteiger partial charge in [0, 0.05) is 40.5 Å². The predicted octanol–water partition coefficient (Wildman–Crippen LogP) is 0.860. The predicted molar refractivity (Wildman–Crippen MR) is 71.5 cm³/mol. The summed E-state index contributed by atoms with van der Waals surface area (Å²) < 4.78 is 10.4. The van der Waals surface area contributed by atoms with Gasteiger partial charge in [-0.05, 0) is 12.3 Å². The molecule has 0 radical (unpaired) electrons. The maximum Gasteiger partial charge on any atom is 0.191 e. The zero-order valence-electron chi connectivity index (χ0n) is 11.6. The van der Waals surface area contributed by atoms with Gasteiger partial charge in [-0.25, -0.2) is 0 Å². The van der Waals surface area contributed by atoms with Gasteiger partial charge in [0.2, 0.25) is 0 Å². The SMILES string of the molecule is CN=C(NCCCOCC(C)C)NCCOC. The lowest BCUT2D eigenvalue weighted by atomic mass is 10.2. The van der Waals surface area contributed by atoms with Crippen LogP contribution in [-0.4, -0.2) is 53.0 Å². The zero-order valence-corrected chi connectivity index (χ0v) is 11.6. The summed E-state index contributed by atoms with van der Waals surface area (Å²) in [6, 6.07) is 0. The summed E-state index contributed by atoms with van der Waals surface area (Å²) in [5, 5.41) is 6.37. The lowest BCUT2D eigenvalue weighted by Crippen LogP contribution is -2.39. The van der Waals surface area contributed by atoms with Gasteiger partial charge in [0.25, 0.3) is 0 Å². The maximum atomic E-state index is 5.49.